The summed E-state index contributed by atoms with van der Waals surface area (Å²) in [6.07, 6.45) is 2.36. The molecule has 0 bridgehead atoms. The maximum absolute atomic E-state index is 12.4. The Morgan fingerprint density at radius 1 is 1.06 bits per heavy atom. The number of hydrogen-bond donors (Lipinski definition) is 1. The van der Waals surface area contributed by atoms with Crippen molar-refractivity contribution in [3.8, 4) is 11.3 Å². The molecular formula is C25H27N3O6S. The minimum Gasteiger partial charge on any atom is -0.462 e. The third-order valence-electron chi connectivity index (χ3n) is 5.15. The molecule has 9 nitrogen and oxygen atoms in total. The fourth-order valence-electron chi connectivity index (χ4n) is 3.18. The first kappa shape index (κ1) is 25.7. The molecular weight excluding hydrogens is 470 g/mol. The molecule has 3 aromatic rings. The standard InChI is InChI=1S/C25H27N3O6S/c1-5-33-25(30)20-9-7-19(8-10-20)23-13-12-22(34-23)15-26-27-24(29)16-28(35(4,31)32)21-11-6-17(2)18(3)14-21/h6-15H,5,16H2,1-4H3,(H,27,29)/b26-15+. The molecule has 0 fully saturated rings. The number of nitrogens with zero attached hydrogens (tertiary/aromatic N) is 2. The van der Waals surface area contributed by atoms with Gasteiger partial charge in [0.15, 0.2) is 0 Å². The van der Waals surface area contributed by atoms with Crippen molar-refractivity contribution >= 4 is 33.8 Å². The Bertz CT molecular complexity index is 1340. The molecule has 0 aliphatic carbocycles. The summed E-state index contributed by atoms with van der Waals surface area (Å²) >= 11 is 0. The van der Waals surface area contributed by atoms with E-state index >= 15 is 0 Å². The SMILES string of the molecule is CCOC(=O)c1ccc(-c2ccc(/C=N/NC(=O)CN(c3ccc(C)c(C)c3)S(C)(=O)=O)o2)cc1. The van der Waals surface area contributed by atoms with Crippen LogP contribution >= 0.6 is 0 Å². The third-order valence-corrected chi connectivity index (χ3v) is 6.29. The van der Waals surface area contributed by atoms with E-state index in [9.17, 15) is 18.0 Å². The van der Waals surface area contributed by atoms with Crippen LogP contribution in [0, 0.1) is 13.8 Å². The molecule has 1 amide bonds. The van der Waals surface area contributed by atoms with Crippen LogP contribution in [-0.2, 0) is 19.6 Å². The smallest absolute Gasteiger partial charge is 0.338 e. The van der Waals surface area contributed by atoms with Crippen molar-refractivity contribution in [3.63, 3.8) is 0 Å². The fourth-order valence-corrected chi connectivity index (χ4v) is 4.03. The highest BCUT2D eigenvalue weighted by Gasteiger charge is 2.21. The van der Waals surface area contributed by atoms with Gasteiger partial charge in [0.1, 0.15) is 18.1 Å². The zero-order valence-electron chi connectivity index (χ0n) is 19.9. The van der Waals surface area contributed by atoms with Crippen LogP contribution in [0.5, 0.6) is 0 Å². The number of carbonyl (C=O) groups excluding carboxylic acids is 2. The van der Waals surface area contributed by atoms with Gasteiger partial charge in [-0.3, -0.25) is 9.10 Å². The van der Waals surface area contributed by atoms with Crippen molar-refractivity contribution in [2.75, 3.05) is 23.7 Å². The predicted octanol–water partition coefficient (Wildman–Crippen LogP) is 3.66. The molecule has 2 aromatic carbocycles. The summed E-state index contributed by atoms with van der Waals surface area (Å²) in [7, 11) is -3.69. The van der Waals surface area contributed by atoms with Gasteiger partial charge in [-0.15, -0.1) is 0 Å². The lowest BCUT2D eigenvalue weighted by atomic mass is 10.1. The molecule has 1 N–H and O–H groups in total. The molecule has 10 heteroatoms. The highest BCUT2D eigenvalue weighted by Crippen LogP contribution is 2.23. The van der Waals surface area contributed by atoms with Crippen molar-refractivity contribution in [1.29, 1.82) is 0 Å². The van der Waals surface area contributed by atoms with Gasteiger partial charge in [0, 0.05) is 5.56 Å². The summed E-state index contributed by atoms with van der Waals surface area (Å²) in [5.74, 6) is -0.0738. The van der Waals surface area contributed by atoms with Crippen LogP contribution in [0.2, 0.25) is 0 Å². The Morgan fingerprint density at radius 2 is 1.77 bits per heavy atom. The molecule has 0 atom stereocenters. The average molecular weight is 498 g/mol. The maximum atomic E-state index is 12.4. The first-order chi connectivity index (χ1) is 16.6. The summed E-state index contributed by atoms with van der Waals surface area (Å²) in [4.78, 5) is 24.1. The highest BCUT2D eigenvalue weighted by molar-refractivity contribution is 7.92. The van der Waals surface area contributed by atoms with Gasteiger partial charge in [-0.1, -0.05) is 18.2 Å². The minimum atomic E-state index is -3.69. The van der Waals surface area contributed by atoms with E-state index in [0.29, 0.717) is 29.4 Å². The number of ether oxygens (including phenoxy) is 1. The number of rotatable bonds is 9. The van der Waals surface area contributed by atoms with Gasteiger partial charge in [0.2, 0.25) is 10.0 Å². The third kappa shape index (κ3) is 6.80. The van der Waals surface area contributed by atoms with Crippen LogP contribution < -0.4 is 9.73 Å². The normalized spacial score (nSPS) is 11.4. The molecule has 0 radical (unpaired) electrons. The predicted molar refractivity (Wildman–Crippen MR) is 134 cm³/mol. The van der Waals surface area contributed by atoms with Crippen molar-refractivity contribution < 1.29 is 27.2 Å². The lowest BCUT2D eigenvalue weighted by molar-refractivity contribution is -0.119. The molecule has 35 heavy (non-hydrogen) atoms. The van der Waals surface area contributed by atoms with Gasteiger partial charge in [0.25, 0.3) is 5.91 Å². The molecule has 0 unspecified atom stereocenters. The van der Waals surface area contributed by atoms with Gasteiger partial charge in [0.05, 0.1) is 30.3 Å². The Morgan fingerprint density at radius 3 is 2.40 bits per heavy atom. The molecule has 3 rings (SSSR count). The Balaban J connectivity index is 1.63. The zero-order valence-corrected chi connectivity index (χ0v) is 20.8. The first-order valence-electron chi connectivity index (χ1n) is 10.8. The second kappa shape index (κ2) is 11.0. The fraction of sp³-hybridized carbons (Fsp3) is 0.240. The van der Waals surface area contributed by atoms with E-state index in [-0.39, 0.29) is 0 Å². The summed E-state index contributed by atoms with van der Waals surface area (Å²) in [5, 5.41) is 3.87. The van der Waals surface area contributed by atoms with E-state index in [1.807, 2.05) is 13.8 Å². The largest absolute Gasteiger partial charge is 0.462 e. The van der Waals surface area contributed by atoms with Crippen molar-refractivity contribution in [2.45, 2.75) is 20.8 Å². The molecule has 0 aliphatic rings. The second-order valence-electron chi connectivity index (χ2n) is 7.83. The first-order valence-corrected chi connectivity index (χ1v) is 12.7. The van der Waals surface area contributed by atoms with E-state index in [0.717, 1.165) is 27.3 Å². The molecule has 0 spiro atoms. The van der Waals surface area contributed by atoms with Gasteiger partial charge < -0.3 is 9.15 Å². The molecule has 1 heterocycles. The number of anilines is 1. The average Bonchev–Trinajstić information content (AvgIpc) is 3.28. The number of furan rings is 1. The second-order valence-corrected chi connectivity index (χ2v) is 9.74. The number of nitrogens with one attached hydrogen (secondary N) is 1. The van der Waals surface area contributed by atoms with Crippen LogP contribution in [0.25, 0.3) is 11.3 Å². The Kier molecular flexibility index (Phi) is 8.08. The van der Waals surface area contributed by atoms with Gasteiger partial charge in [-0.2, -0.15) is 5.10 Å². The van der Waals surface area contributed by atoms with Crippen molar-refractivity contribution in [2.24, 2.45) is 5.10 Å². The number of hydrogen-bond acceptors (Lipinski definition) is 7. The molecule has 0 saturated carbocycles. The molecule has 0 aliphatic heterocycles. The van der Waals surface area contributed by atoms with E-state index in [4.69, 9.17) is 9.15 Å². The highest BCUT2D eigenvalue weighted by atomic mass is 32.2. The Labute approximate surface area is 204 Å². The van der Waals surface area contributed by atoms with Crippen LogP contribution in [0.1, 0.15) is 34.2 Å². The number of aryl methyl sites for hydroxylation is 2. The lowest BCUT2D eigenvalue weighted by Crippen LogP contribution is -2.39. The summed E-state index contributed by atoms with van der Waals surface area (Å²) in [6, 6.07) is 15.3. The van der Waals surface area contributed by atoms with E-state index in [2.05, 4.69) is 10.5 Å². The van der Waals surface area contributed by atoms with Gasteiger partial charge in [-0.05, 0) is 68.3 Å². The van der Waals surface area contributed by atoms with Crippen LogP contribution in [-0.4, -0.2) is 45.9 Å². The summed E-state index contributed by atoms with van der Waals surface area (Å²) < 4.78 is 36.2. The van der Waals surface area contributed by atoms with Crippen molar-refractivity contribution in [3.05, 3.63) is 77.0 Å². The molecule has 0 saturated heterocycles. The topological polar surface area (TPSA) is 118 Å². The van der Waals surface area contributed by atoms with Crippen LogP contribution in [0.3, 0.4) is 0 Å². The quantitative estimate of drug-likeness (QED) is 0.274. The van der Waals surface area contributed by atoms with Crippen molar-refractivity contribution in [1.82, 2.24) is 5.43 Å². The monoisotopic (exact) mass is 497 g/mol. The molecule has 1 aromatic heterocycles. The van der Waals surface area contributed by atoms with E-state index in [1.165, 1.54) is 6.21 Å². The number of carbonyl (C=O) groups is 2. The zero-order chi connectivity index (χ0) is 25.6. The number of benzene rings is 2. The van der Waals surface area contributed by atoms with Crippen LogP contribution in [0.15, 0.2) is 64.1 Å². The van der Waals surface area contributed by atoms with Crippen LogP contribution in [0.4, 0.5) is 5.69 Å². The molecule has 184 valence electrons. The number of sulfonamides is 1. The summed E-state index contributed by atoms with van der Waals surface area (Å²) in [6.45, 7) is 5.41. The number of esters is 1. The van der Waals surface area contributed by atoms with E-state index < -0.39 is 28.4 Å². The maximum Gasteiger partial charge on any atom is 0.338 e. The van der Waals surface area contributed by atoms with Gasteiger partial charge in [-0.25, -0.2) is 18.6 Å². The van der Waals surface area contributed by atoms with E-state index in [1.54, 1.807) is 61.5 Å². The Hall–Kier alpha value is -3.92. The number of amides is 1. The minimum absolute atomic E-state index is 0.302. The lowest BCUT2D eigenvalue weighted by Gasteiger charge is -2.22. The van der Waals surface area contributed by atoms with Gasteiger partial charge >= 0.3 is 5.97 Å². The number of hydrazone groups is 1. The summed E-state index contributed by atoms with van der Waals surface area (Å²) in [5.41, 5.74) is 5.85.